The third-order valence-corrected chi connectivity index (χ3v) is 4.53. The van der Waals surface area contributed by atoms with Gasteiger partial charge in [-0.15, -0.1) is 0 Å². The molecule has 1 amide bonds. The number of nitrogens with one attached hydrogen (secondary N) is 1. The molecule has 0 aromatic heterocycles. The number of ether oxygens (including phenoxy) is 1. The van der Waals surface area contributed by atoms with Crippen molar-refractivity contribution in [1.29, 1.82) is 0 Å². The van der Waals surface area contributed by atoms with E-state index in [1.807, 2.05) is 6.07 Å². The molecule has 0 fully saturated rings. The number of benzene rings is 2. The van der Waals surface area contributed by atoms with E-state index in [9.17, 15) is 9.59 Å². The van der Waals surface area contributed by atoms with Crippen molar-refractivity contribution >= 4 is 17.6 Å². The first-order valence-electron chi connectivity index (χ1n) is 9.68. The summed E-state index contributed by atoms with van der Waals surface area (Å²) in [6.45, 7) is 8.80. The maximum atomic E-state index is 12.8. The zero-order valence-corrected chi connectivity index (χ0v) is 17.0. The molecule has 150 valence electrons. The van der Waals surface area contributed by atoms with Gasteiger partial charge < -0.3 is 15.2 Å². The Balaban J connectivity index is 2.10. The Hall–Kier alpha value is -2.82. The fourth-order valence-corrected chi connectivity index (χ4v) is 3.00. The molecule has 2 rings (SSSR count). The minimum absolute atomic E-state index is 0.0773. The first kappa shape index (κ1) is 21.5. The molecule has 0 atom stereocenters. The Morgan fingerprint density at radius 1 is 0.964 bits per heavy atom. The predicted molar refractivity (Wildman–Crippen MR) is 111 cm³/mol. The highest BCUT2D eigenvalue weighted by atomic mass is 16.5. The molecule has 2 aromatic rings. The van der Waals surface area contributed by atoms with Crippen LogP contribution >= 0.6 is 0 Å². The third-order valence-electron chi connectivity index (χ3n) is 4.53. The van der Waals surface area contributed by atoms with Crippen LogP contribution in [0.5, 0.6) is 5.75 Å². The van der Waals surface area contributed by atoms with E-state index in [1.165, 1.54) is 0 Å². The number of hydrogen-bond acceptors (Lipinski definition) is 3. The molecule has 2 N–H and O–H groups in total. The normalized spacial score (nSPS) is 10.9. The van der Waals surface area contributed by atoms with Crippen molar-refractivity contribution in [3.8, 4) is 5.75 Å². The monoisotopic (exact) mass is 383 g/mol. The van der Waals surface area contributed by atoms with Crippen LogP contribution < -0.4 is 10.1 Å². The Morgan fingerprint density at radius 3 is 2.04 bits per heavy atom. The first-order valence-corrected chi connectivity index (χ1v) is 9.68. The summed E-state index contributed by atoms with van der Waals surface area (Å²) < 4.78 is 5.52. The number of amides is 1. The molecule has 0 aliphatic heterocycles. The number of carbonyl (C=O) groups is 2. The van der Waals surface area contributed by atoms with Crippen molar-refractivity contribution in [2.24, 2.45) is 0 Å². The van der Waals surface area contributed by atoms with Gasteiger partial charge in [-0.1, -0.05) is 45.9 Å². The van der Waals surface area contributed by atoms with Crippen LogP contribution in [0, 0.1) is 0 Å². The van der Waals surface area contributed by atoms with Gasteiger partial charge in [0.2, 0.25) is 0 Å². The van der Waals surface area contributed by atoms with Crippen molar-refractivity contribution < 1.29 is 19.4 Å². The smallest absolute Gasteiger partial charge is 0.303 e. The number of hydrogen-bond donors (Lipinski definition) is 2. The summed E-state index contributed by atoms with van der Waals surface area (Å²) >= 11 is 0. The number of carbonyl (C=O) groups excluding carboxylic acids is 1. The summed E-state index contributed by atoms with van der Waals surface area (Å²) in [7, 11) is 0. The fraction of sp³-hybridized carbons (Fsp3) is 0.391. The fourth-order valence-electron chi connectivity index (χ4n) is 3.00. The molecule has 0 bridgehead atoms. The number of anilines is 1. The molecule has 0 radical (unpaired) electrons. The van der Waals surface area contributed by atoms with Crippen LogP contribution in [0.2, 0.25) is 0 Å². The molecule has 2 aromatic carbocycles. The molecule has 0 saturated carbocycles. The summed E-state index contributed by atoms with van der Waals surface area (Å²) in [5.41, 5.74) is 3.69. The van der Waals surface area contributed by atoms with Crippen LogP contribution in [0.1, 0.15) is 73.9 Å². The highest BCUT2D eigenvalue weighted by molar-refractivity contribution is 6.05. The van der Waals surface area contributed by atoms with Gasteiger partial charge >= 0.3 is 5.97 Å². The molecular weight excluding hydrogens is 354 g/mol. The van der Waals surface area contributed by atoms with E-state index in [0.29, 0.717) is 36.2 Å². The lowest BCUT2D eigenvalue weighted by molar-refractivity contribution is -0.137. The predicted octanol–water partition coefficient (Wildman–Crippen LogP) is 5.43. The zero-order chi connectivity index (χ0) is 20.7. The van der Waals surface area contributed by atoms with E-state index in [1.54, 1.807) is 24.3 Å². The maximum Gasteiger partial charge on any atom is 0.303 e. The standard InChI is InChI=1S/C23H29NO4/c1-15(2)19-7-5-8-20(16(3)4)22(19)24-23(27)17-10-12-18(13-11-17)28-14-6-9-21(25)26/h5,7-8,10-13,15-16H,6,9,14H2,1-4H3,(H,24,27)(H,25,26). The Bertz CT molecular complexity index is 784. The molecule has 5 heteroatoms. The number of para-hydroxylation sites is 1. The topological polar surface area (TPSA) is 75.6 Å². The highest BCUT2D eigenvalue weighted by Crippen LogP contribution is 2.32. The Labute approximate surface area is 166 Å². The summed E-state index contributed by atoms with van der Waals surface area (Å²) in [5.74, 6) is 0.226. The van der Waals surface area contributed by atoms with Gasteiger partial charge in [-0.05, 0) is 53.6 Å². The second-order valence-corrected chi connectivity index (χ2v) is 7.45. The number of carboxylic acids is 1. The maximum absolute atomic E-state index is 12.8. The second kappa shape index (κ2) is 9.93. The molecule has 0 unspecified atom stereocenters. The number of carboxylic acid groups (broad SMARTS) is 1. The van der Waals surface area contributed by atoms with Crippen molar-refractivity contribution in [1.82, 2.24) is 0 Å². The van der Waals surface area contributed by atoms with E-state index in [4.69, 9.17) is 9.84 Å². The quantitative estimate of drug-likeness (QED) is 0.566. The Morgan fingerprint density at radius 2 is 1.54 bits per heavy atom. The highest BCUT2D eigenvalue weighted by Gasteiger charge is 2.16. The molecule has 28 heavy (non-hydrogen) atoms. The van der Waals surface area contributed by atoms with Gasteiger partial charge in [0, 0.05) is 17.7 Å². The lowest BCUT2D eigenvalue weighted by Gasteiger charge is -2.20. The number of aliphatic carboxylic acids is 1. The van der Waals surface area contributed by atoms with Gasteiger partial charge in [0.1, 0.15) is 5.75 Å². The van der Waals surface area contributed by atoms with E-state index in [-0.39, 0.29) is 12.3 Å². The van der Waals surface area contributed by atoms with Crippen molar-refractivity contribution in [2.45, 2.75) is 52.4 Å². The SMILES string of the molecule is CC(C)c1cccc(C(C)C)c1NC(=O)c1ccc(OCCCC(=O)O)cc1. The minimum Gasteiger partial charge on any atom is -0.494 e. The summed E-state index contributed by atoms with van der Waals surface area (Å²) in [6, 6.07) is 13.0. The minimum atomic E-state index is -0.835. The van der Waals surface area contributed by atoms with Gasteiger partial charge in [0.25, 0.3) is 5.91 Å². The van der Waals surface area contributed by atoms with E-state index >= 15 is 0 Å². The summed E-state index contributed by atoms with van der Waals surface area (Å²) in [4.78, 5) is 23.3. The van der Waals surface area contributed by atoms with Crippen LogP contribution in [0.3, 0.4) is 0 Å². The second-order valence-electron chi connectivity index (χ2n) is 7.45. The largest absolute Gasteiger partial charge is 0.494 e. The summed E-state index contributed by atoms with van der Waals surface area (Å²) in [6.07, 6.45) is 0.523. The van der Waals surface area contributed by atoms with Gasteiger partial charge in [-0.2, -0.15) is 0 Å². The number of rotatable bonds is 9. The van der Waals surface area contributed by atoms with Crippen LogP contribution in [0.15, 0.2) is 42.5 Å². The van der Waals surface area contributed by atoms with Gasteiger partial charge in [-0.25, -0.2) is 0 Å². The van der Waals surface area contributed by atoms with E-state index < -0.39 is 5.97 Å². The third kappa shape index (κ3) is 5.84. The molecular formula is C23H29NO4. The molecule has 0 saturated heterocycles. The van der Waals surface area contributed by atoms with Gasteiger partial charge in [-0.3, -0.25) is 9.59 Å². The van der Waals surface area contributed by atoms with Crippen molar-refractivity contribution in [3.63, 3.8) is 0 Å². The average Bonchev–Trinajstić information content (AvgIpc) is 2.65. The molecule has 5 nitrogen and oxygen atoms in total. The summed E-state index contributed by atoms with van der Waals surface area (Å²) in [5, 5.41) is 11.7. The van der Waals surface area contributed by atoms with Crippen LogP contribution in [-0.4, -0.2) is 23.6 Å². The van der Waals surface area contributed by atoms with E-state index in [2.05, 4.69) is 45.1 Å². The van der Waals surface area contributed by atoms with E-state index in [0.717, 1.165) is 16.8 Å². The van der Waals surface area contributed by atoms with Crippen LogP contribution in [-0.2, 0) is 4.79 Å². The van der Waals surface area contributed by atoms with Gasteiger partial charge in [0.05, 0.1) is 6.61 Å². The van der Waals surface area contributed by atoms with Gasteiger partial charge in [0.15, 0.2) is 0 Å². The molecule has 0 aliphatic rings. The van der Waals surface area contributed by atoms with Crippen LogP contribution in [0.4, 0.5) is 5.69 Å². The molecule has 0 spiro atoms. The Kier molecular flexibility index (Phi) is 7.61. The lowest BCUT2D eigenvalue weighted by Crippen LogP contribution is -2.16. The zero-order valence-electron chi connectivity index (χ0n) is 17.0. The van der Waals surface area contributed by atoms with Crippen molar-refractivity contribution in [3.05, 3.63) is 59.2 Å². The first-order chi connectivity index (χ1) is 13.3. The van der Waals surface area contributed by atoms with Crippen molar-refractivity contribution in [2.75, 3.05) is 11.9 Å². The van der Waals surface area contributed by atoms with Crippen LogP contribution in [0.25, 0.3) is 0 Å². The lowest BCUT2D eigenvalue weighted by atomic mass is 9.92. The average molecular weight is 383 g/mol. The molecule has 0 aliphatic carbocycles. The molecule has 0 heterocycles.